The fourth-order valence-corrected chi connectivity index (χ4v) is 3.48. The summed E-state index contributed by atoms with van der Waals surface area (Å²) >= 11 is 0. The van der Waals surface area contributed by atoms with E-state index in [4.69, 9.17) is 0 Å². The standard InChI is InChI=1S/C15H21NO4/c1-2-10(17)12-13(19)16-14(20)15(12)9-7-5-3-4-6-8-11(15)18/h2,11-12,18H,1,3-9H2,(H,16,19,20). The Kier molecular flexibility index (Phi) is 4.38. The lowest BCUT2D eigenvalue weighted by Gasteiger charge is -2.34. The van der Waals surface area contributed by atoms with Crippen molar-refractivity contribution in [2.75, 3.05) is 0 Å². The Hall–Kier alpha value is -1.49. The van der Waals surface area contributed by atoms with Gasteiger partial charge in [-0.25, -0.2) is 0 Å². The number of imide groups is 1. The van der Waals surface area contributed by atoms with E-state index in [1.54, 1.807) is 0 Å². The zero-order chi connectivity index (χ0) is 14.8. The highest BCUT2D eigenvalue weighted by Crippen LogP contribution is 2.44. The smallest absolute Gasteiger partial charge is 0.238 e. The first-order chi connectivity index (χ1) is 9.54. The molecule has 1 aliphatic carbocycles. The summed E-state index contributed by atoms with van der Waals surface area (Å²) in [6.07, 6.45) is 5.48. The van der Waals surface area contributed by atoms with Crippen LogP contribution in [0, 0.1) is 11.3 Å². The third-order valence-corrected chi connectivity index (χ3v) is 4.59. The number of amides is 2. The van der Waals surface area contributed by atoms with Gasteiger partial charge >= 0.3 is 0 Å². The maximum absolute atomic E-state index is 12.3. The molecule has 0 aromatic carbocycles. The molecule has 0 aromatic heterocycles. The van der Waals surface area contributed by atoms with E-state index in [9.17, 15) is 19.5 Å². The molecule has 2 rings (SSSR count). The number of allylic oxidation sites excluding steroid dienone is 1. The van der Waals surface area contributed by atoms with E-state index in [2.05, 4.69) is 11.9 Å². The number of aliphatic hydroxyl groups is 1. The third kappa shape index (κ3) is 2.30. The Labute approximate surface area is 118 Å². The second kappa shape index (κ2) is 5.87. The van der Waals surface area contributed by atoms with Crippen LogP contribution in [0.25, 0.3) is 0 Å². The van der Waals surface area contributed by atoms with Crippen LogP contribution in [0.2, 0.25) is 0 Å². The first-order valence-electron chi connectivity index (χ1n) is 7.23. The van der Waals surface area contributed by atoms with Crippen LogP contribution in [-0.2, 0) is 14.4 Å². The monoisotopic (exact) mass is 279 g/mol. The molecule has 3 unspecified atom stereocenters. The van der Waals surface area contributed by atoms with Crippen LogP contribution in [0.3, 0.4) is 0 Å². The van der Waals surface area contributed by atoms with Crippen LogP contribution in [0.1, 0.15) is 44.9 Å². The molecule has 5 nitrogen and oxygen atoms in total. The highest BCUT2D eigenvalue weighted by Gasteiger charge is 2.60. The Morgan fingerprint density at radius 2 is 1.90 bits per heavy atom. The molecule has 2 fully saturated rings. The van der Waals surface area contributed by atoms with E-state index in [1.165, 1.54) is 0 Å². The fourth-order valence-electron chi connectivity index (χ4n) is 3.48. The predicted octanol–water partition coefficient (Wildman–Crippen LogP) is 1.11. The summed E-state index contributed by atoms with van der Waals surface area (Å²) < 4.78 is 0. The first-order valence-corrected chi connectivity index (χ1v) is 7.23. The normalized spacial score (nSPS) is 35.0. The summed E-state index contributed by atoms with van der Waals surface area (Å²) in [7, 11) is 0. The molecular formula is C15H21NO4. The van der Waals surface area contributed by atoms with Crippen molar-refractivity contribution in [1.29, 1.82) is 0 Å². The summed E-state index contributed by atoms with van der Waals surface area (Å²) in [6, 6.07) is 0. The zero-order valence-corrected chi connectivity index (χ0v) is 11.6. The average molecular weight is 279 g/mol. The molecule has 1 spiro atoms. The minimum atomic E-state index is -1.30. The molecule has 1 aliphatic heterocycles. The van der Waals surface area contributed by atoms with Crippen molar-refractivity contribution < 1.29 is 19.5 Å². The molecule has 0 bridgehead atoms. The Morgan fingerprint density at radius 3 is 2.60 bits per heavy atom. The van der Waals surface area contributed by atoms with Gasteiger partial charge in [-0.3, -0.25) is 19.7 Å². The zero-order valence-electron chi connectivity index (χ0n) is 11.6. The quantitative estimate of drug-likeness (QED) is 0.450. The summed E-state index contributed by atoms with van der Waals surface area (Å²) in [5.41, 5.74) is -1.30. The number of hydrogen-bond acceptors (Lipinski definition) is 4. The summed E-state index contributed by atoms with van der Waals surface area (Å²) in [4.78, 5) is 36.3. The van der Waals surface area contributed by atoms with Gasteiger partial charge in [-0.2, -0.15) is 0 Å². The second-order valence-corrected chi connectivity index (χ2v) is 5.72. The van der Waals surface area contributed by atoms with Gasteiger partial charge in [0.15, 0.2) is 5.78 Å². The van der Waals surface area contributed by atoms with E-state index in [-0.39, 0.29) is 0 Å². The topological polar surface area (TPSA) is 83.5 Å². The van der Waals surface area contributed by atoms with Crippen LogP contribution in [-0.4, -0.2) is 28.8 Å². The van der Waals surface area contributed by atoms with Gasteiger partial charge in [-0.1, -0.05) is 38.7 Å². The number of aliphatic hydroxyl groups excluding tert-OH is 1. The van der Waals surface area contributed by atoms with Gasteiger partial charge in [0.1, 0.15) is 5.92 Å². The lowest BCUT2D eigenvalue weighted by atomic mass is 9.67. The van der Waals surface area contributed by atoms with Crippen LogP contribution < -0.4 is 5.32 Å². The molecule has 5 heteroatoms. The second-order valence-electron chi connectivity index (χ2n) is 5.72. The molecule has 0 radical (unpaired) electrons. The highest BCUT2D eigenvalue weighted by molar-refractivity contribution is 6.19. The summed E-state index contributed by atoms with van der Waals surface area (Å²) in [5.74, 6) is -2.71. The number of rotatable bonds is 2. The molecule has 1 heterocycles. The van der Waals surface area contributed by atoms with Gasteiger partial charge in [-0.15, -0.1) is 0 Å². The number of hydrogen-bond donors (Lipinski definition) is 2. The maximum atomic E-state index is 12.3. The van der Waals surface area contributed by atoms with Gasteiger partial charge in [-0.05, 0) is 18.9 Å². The van der Waals surface area contributed by atoms with Crippen molar-refractivity contribution in [2.45, 2.75) is 51.0 Å². The van der Waals surface area contributed by atoms with Crippen molar-refractivity contribution in [1.82, 2.24) is 5.32 Å². The van der Waals surface area contributed by atoms with Crippen molar-refractivity contribution in [2.24, 2.45) is 11.3 Å². The molecule has 3 atom stereocenters. The SMILES string of the molecule is C=CC(=O)C1C(=O)NC(=O)C12CCCCCCCC2O. The van der Waals surface area contributed by atoms with Crippen LogP contribution in [0.4, 0.5) is 0 Å². The molecule has 110 valence electrons. The van der Waals surface area contributed by atoms with Crippen LogP contribution >= 0.6 is 0 Å². The van der Waals surface area contributed by atoms with Crippen molar-refractivity contribution in [3.63, 3.8) is 0 Å². The molecule has 2 amide bonds. The molecule has 2 N–H and O–H groups in total. The van der Waals surface area contributed by atoms with Gasteiger partial charge in [0.05, 0.1) is 11.5 Å². The molecule has 1 saturated heterocycles. The minimum Gasteiger partial charge on any atom is -0.392 e. The van der Waals surface area contributed by atoms with E-state index >= 15 is 0 Å². The Morgan fingerprint density at radius 1 is 1.25 bits per heavy atom. The van der Waals surface area contributed by atoms with Gasteiger partial charge in [0.25, 0.3) is 0 Å². The first kappa shape index (κ1) is 14.9. The fraction of sp³-hybridized carbons (Fsp3) is 0.667. The number of nitrogens with one attached hydrogen (secondary N) is 1. The van der Waals surface area contributed by atoms with Crippen LogP contribution in [0.5, 0.6) is 0 Å². The summed E-state index contributed by atoms with van der Waals surface area (Å²) in [5, 5.41) is 12.7. The van der Waals surface area contributed by atoms with Crippen molar-refractivity contribution >= 4 is 17.6 Å². The lowest BCUT2D eigenvalue weighted by Crippen LogP contribution is -2.48. The van der Waals surface area contributed by atoms with Crippen molar-refractivity contribution in [3.05, 3.63) is 12.7 Å². The van der Waals surface area contributed by atoms with E-state index in [1.807, 2.05) is 0 Å². The van der Waals surface area contributed by atoms with Gasteiger partial charge < -0.3 is 5.11 Å². The lowest BCUT2D eigenvalue weighted by molar-refractivity contribution is -0.144. The third-order valence-electron chi connectivity index (χ3n) is 4.59. The highest BCUT2D eigenvalue weighted by atomic mass is 16.3. The largest absolute Gasteiger partial charge is 0.392 e. The molecule has 0 aromatic rings. The van der Waals surface area contributed by atoms with E-state index in [0.29, 0.717) is 12.8 Å². The number of carbonyl (C=O) groups excluding carboxylic acids is 3. The van der Waals surface area contributed by atoms with E-state index in [0.717, 1.165) is 38.2 Å². The van der Waals surface area contributed by atoms with Gasteiger partial charge in [0.2, 0.25) is 11.8 Å². The maximum Gasteiger partial charge on any atom is 0.238 e. The minimum absolute atomic E-state index is 0.371. The van der Waals surface area contributed by atoms with Crippen LogP contribution in [0.15, 0.2) is 12.7 Å². The molecular weight excluding hydrogens is 258 g/mol. The predicted molar refractivity (Wildman–Crippen MR) is 72.6 cm³/mol. The Balaban J connectivity index is 2.42. The number of ketones is 1. The molecule has 20 heavy (non-hydrogen) atoms. The molecule has 2 aliphatic rings. The van der Waals surface area contributed by atoms with Gasteiger partial charge in [0, 0.05) is 0 Å². The van der Waals surface area contributed by atoms with Crippen molar-refractivity contribution in [3.8, 4) is 0 Å². The number of carbonyl (C=O) groups is 3. The molecule has 1 saturated carbocycles. The average Bonchev–Trinajstić information content (AvgIpc) is 2.72. The summed E-state index contributed by atoms with van der Waals surface area (Å²) in [6.45, 7) is 3.41. The Bertz CT molecular complexity index is 445. The van der Waals surface area contributed by atoms with E-state index < -0.39 is 35.0 Å².